The first-order valence-electron chi connectivity index (χ1n) is 9.50. The molecule has 1 aliphatic heterocycles. The number of carbonyl (C=O) groups is 1. The number of rotatable bonds is 4. The van der Waals surface area contributed by atoms with E-state index < -0.39 is 6.09 Å². The molecule has 0 bridgehead atoms. The Bertz CT molecular complexity index is 971. The molecule has 4 rings (SSSR count). The van der Waals surface area contributed by atoms with Crippen molar-refractivity contribution in [1.82, 2.24) is 9.97 Å². The fourth-order valence-corrected chi connectivity index (χ4v) is 3.11. The van der Waals surface area contributed by atoms with Crippen molar-refractivity contribution in [2.24, 2.45) is 0 Å². The number of aromatic nitrogens is 2. The summed E-state index contributed by atoms with van der Waals surface area (Å²) in [5.74, 6) is 2.08. The average molecular weight is 390 g/mol. The number of hydrogen-bond acceptors (Lipinski definition) is 6. The van der Waals surface area contributed by atoms with E-state index in [0.717, 1.165) is 30.0 Å². The van der Waals surface area contributed by atoms with Crippen molar-refractivity contribution in [3.8, 4) is 17.1 Å². The van der Waals surface area contributed by atoms with Gasteiger partial charge in [0.15, 0.2) is 5.82 Å². The zero-order valence-corrected chi connectivity index (χ0v) is 16.2. The normalized spacial score (nSPS) is 13.8. The number of hydrogen-bond donors (Lipinski definition) is 1. The van der Waals surface area contributed by atoms with Crippen LogP contribution in [0.15, 0.2) is 60.8 Å². The number of nitrogens with zero attached hydrogens (tertiary/aromatic N) is 3. The minimum atomic E-state index is -0.537. The molecule has 0 saturated carbocycles. The maximum atomic E-state index is 12.0. The van der Waals surface area contributed by atoms with E-state index in [-0.39, 0.29) is 0 Å². The molecule has 29 heavy (non-hydrogen) atoms. The molecule has 1 fully saturated rings. The van der Waals surface area contributed by atoms with Crippen molar-refractivity contribution >= 4 is 17.6 Å². The zero-order chi connectivity index (χ0) is 20.1. The first-order valence-corrected chi connectivity index (χ1v) is 9.50. The van der Waals surface area contributed by atoms with E-state index in [9.17, 15) is 4.79 Å². The van der Waals surface area contributed by atoms with Crippen molar-refractivity contribution in [3.05, 3.63) is 66.4 Å². The highest BCUT2D eigenvalue weighted by Gasteiger charge is 2.16. The first kappa shape index (κ1) is 18.9. The van der Waals surface area contributed by atoms with Crippen molar-refractivity contribution in [2.45, 2.75) is 6.92 Å². The van der Waals surface area contributed by atoms with Gasteiger partial charge in [-0.15, -0.1) is 0 Å². The maximum absolute atomic E-state index is 12.0. The third-order valence-electron chi connectivity index (χ3n) is 4.60. The highest BCUT2D eigenvalue weighted by molar-refractivity contribution is 5.86. The molecule has 7 heteroatoms. The smallest absolute Gasteiger partial charge is 0.410 e. The molecule has 1 aliphatic rings. The van der Waals surface area contributed by atoms with Crippen molar-refractivity contribution in [1.29, 1.82) is 0 Å². The Hall–Kier alpha value is -3.45. The van der Waals surface area contributed by atoms with Gasteiger partial charge in [0.1, 0.15) is 11.6 Å². The van der Waals surface area contributed by atoms with Crippen molar-refractivity contribution in [2.75, 3.05) is 36.5 Å². The topological polar surface area (TPSA) is 76.6 Å². The second kappa shape index (κ2) is 8.70. The number of morpholine rings is 1. The van der Waals surface area contributed by atoms with E-state index in [0.29, 0.717) is 30.5 Å². The van der Waals surface area contributed by atoms with Crippen molar-refractivity contribution in [3.63, 3.8) is 0 Å². The van der Waals surface area contributed by atoms with Gasteiger partial charge in [-0.2, -0.15) is 0 Å². The minimum absolute atomic E-state index is 0.491. The molecule has 3 aromatic rings. The van der Waals surface area contributed by atoms with E-state index >= 15 is 0 Å². The standard InChI is InChI=1S/C22H22N4O3/c1-16-15-23-20(25-21(16)26-11-13-28-14-12-26)17-7-9-18(10-8-17)24-22(27)29-19-5-3-2-4-6-19/h2-10,15H,11-14H2,1H3,(H,24,27). The first-order chi connectivity index (χ1) is 14.2. The van der Waals surface area contributed by atoms with E-state index in [1.165, 1.54) is 0 Å². The average Bonchev–Trinajstić information content (AvgIpc) is 2.76. The molecule has 1 N–H and O–H groups in total. The van der Waals surface area contributed by atoms with Crippen LogP contribution in [0.4, 0.5) is 16.3 Å². The molecule has 0 spiro atoms. The van der Waals surface area contributed by atoms with Gasteiger partial charge < -0.3 is 14.4 Å². The number of para-hydroxylation sites is 1. The highest BCUT2D eigenvalue weighted by atomic mass is 16.6. The van der Waals surface area contributed by atoms with Crippen LogP contribution in [0.2, 0.25) is 0 Å². The molecule has 0 radical (unpaired) electrons. The van der Waals surface area contributed by atoms with Gasteiger partial charge in [0.25, 0.3) is 0 Å². The van der Waals surface area contributed by atoms with Gasteiger partial charge in [-0.1, -0.05) is 18.2 Å². The Kier molecular flexibility index (Phi) is 5.67. The second-order valence-electron chi connectivity index (χ2n) is 6.70. The third-order valence-corrected chi connectivity index (χ3v) is 4.60. The fraction of sp³-hybridized carbons (Fsp3) is 0.227. The number of ether oxygens (including phenoxy) is 2. The fourth-order valence-electron chi connectivity index (χ4n) is 3.11. The predicted octanol–water partition coefficient (Wildman–Crippen LogP) is 3.90. The second-order valence-corrected chi connectivity index (χ2v) is 6.70. The summed E-state index contributed by atoms with van der Waals surface area (Å²) in [6.45, 7) is 5.07. The molecule has 1 aromatic heterocycles. The largest absolute Gasteiger partial charge is 0.417 e. The minimum Gasteiger partial charge on any atom is -0.410 e. The lowest BCUT2D eigenvalue weighted by molar-refractivity contribution is 0.122. The van der Waals surface area contributed by atoms with Crippen LogP contribution in [0.3, 0.4) is 0 Å². The van der Waals surface area contributed by atoms with E-state index in [1.807, 2.05) is 43.5 Å². The summed E-state index contributed by atoms with van der Waals surface area (Å²) >= 11 is 0. The molecular weight excluding hydrogens is 368 g/mol. The van der Waals surface area contributed by atoms with E-state index in [1.54, 1.807) is 24.3 Å². The van der Waals surface area contributed by atoms with Crippen LogP contribution in [0.1, 0.15) is 5.56 Å². The summed E-state index contributed by atoms with van der Waals surface area (Å²) < 4.78 is 10.7. The van der Waals surface area contributed by atoms with Crippen molar-refractivity contribution < 1.29 is 14.3 Å². The van der Waals surface area contributed by atoms with E-state index in [2.05, 4.69) is 15.2 Å². The SMILES string of the molecule is Cc1cnc(-c2ccc(NC(=O)Oc3ccccc3)cc2)nc1N1CCOCC1. The number of nitrogens with one attached hydrogen (secondary N) is 1. The van der Waals surface area contributed by atoms with E-state index in [4.69, 9.17) is 14.5 Å². The van der Waals surface area contributed by atoms with Crippen LogP contribution in [-0.4, -0.2) is 42.4 Å². The molecule has 0 unspecified atom stereocenters. The van der Waals surface area contributed by atoms with Gasteiger partial charge in [0.05, 0.1) is 13.2 Å². The Morgan fingerprint density at radius 3 is 2.52 bits per heavy atom. The summed E-state index contributed by atoms with van der Waals surface area (Å²) in [6.07, 6.45) is 1.31. The lowest BCUT2D eigenvalue weighted by Crippen LogP contribution is -2.37. The van der Waals surface area contributed by atoms with Crippen LogP contribution < -0.4 is 15.0 Å². The monoisotopic (exact) mass is 390 g/mol. The highest BCUT2D eigenvalue weighted by Crippen LogP contribution is 2.24. The molecule has 2 heterocycles. The molecule has 0 atom stereocenters. The lowest BCUT2D eigenvalue weighted by atomic mass is 10.2. The van der Waals surface area contributed by atoms with Crippen LogP contribution in [0.5, 0.6) is 5.75 Å². The van der Waals surface area contributed by atoms with Crippen LogP contribution in [0.25, 0.3) is 11.4 Å². The third kappa shape index (κ3) is 4.70. The van der Waals surface area contributed by atoms with Gasteiger partial charge in [-0.3, -0.25) is 5.32 Å². The number of aryl methyl sites for hydroxylation is 1. The Labute approximate surface area is 169 Å². The van der Waals surface area contributed by atoms with Gasteiger partial charge in [0, 0.05) is 36.1 Å². The van der Waals surface area contributed by atoms with Gasteiger partial charge in [-0.05, 0) is 43.3 Å². The summed E-state index contributed by atoms with van der Waals surface area (Å²) in [7, 11) is 0. The Morgan fingerprint density at radius 1 is 1.07 bits per heavy atom. The van der Waals surface area contributed by atoms with Gasteiger partial charge >= 0.3 is 6.09 Å². The lowest BCUT2D eigenvalue weighted by Gasteiger charge is -2.29. The summed E-state index contributed by atoms with van der Waals surface area (Å²) in [5, 5.41) is 2.72. The Balaban J connectivity index is 1.45. The van der Waals surface area contributed by atoms with Crippen LogP contribution >= 0.6 is 0 Å². The molecule has 1 amide bonds. The molecule has 1 saturated heterocycles. The predicted molar refractivity (Wildman–Crippen MR) is 111 cm³/mol. The Morgan fingerprint density at radius 2 is 1.79 bits per heavy atom. The zero-order valence-electron chi connectivity index (χ0n) is 16.2. The molecule has 148 valence electrons. The maximum Gasteiger partial charge on any atom is 0.417 e. The molecule has 0 aliphatic carbocycles. The quantitative estimate of drug-likeness (QED) is 0.728. The summed E-state index contributed by atoms with van der Waals surface area (Å²) in [5.41, 5.74) is 2.55. The number of anilines is 2. The molecule has 7 nitrogen and oxygen atoms in total. The number of carbonyl (C=O) groups excluding carboxylic acids is 1. The number of benzene rings is 2. The van der Waals surface area contributed by atoms with Crippen LogP contribution in [-0.2, 0) is 4.74 Å². The molecule has 2 aromatic carbocycles. The van der Waals surface area contributed by atoms with Crippen LogP contribution in [0, 0.1) is 6.92 Å². The summed E-state index contributed by atoms with van der Waals surface area (Å²) in [6, 6.07) is 16.3. The summed E-state index contributed by atoms with van der Waals surface area (Å²) in [4.78, 5) is 23.5. The number of amides is 1. The van der Waals surface area contributed by atoms with Gasteiger partial charge in [-0.25, -0.2) is 14.8 Å². The van der Waals surface area contributed by atoms with Gasteiger partial charge in [0.2, 0.25) is 0 Å². The molecular formula is C22H22N4O3.